The molecule has 2 rings (SSSR count). The quantitative estimate of drug-likeness (QED) is 0.901. The second kappa shape index (κ2) is 5.65. The summed E-state index contributed by atoms with van der Waals surface area (Å²) >= 11 is 0. The molecule has 0 spiro atoms. The van der Waals surface area contributed by atoms with E-state index in [1.807, 2.05) is 13.8 Å². The van der Waals surface area contributed by atoms with Crippen molar-refractivity contribution in [1.82, 2.24) is 9.97 Å². The van der Waals surface area contributed by atoms with Crippen LogP contribution in [-0.4, -0.2) is 28.2 Å². The first-order chi connectivity index (χ1) is 9.06. The van der Waals surface area contributed by atoms with Gasteiger partial charge >= 0.3 is 5.97 Å². The van der Waals surface area contributed by atoms with Crippen LogP contribution >= 0.6 is 0 Å². The molecule has 1 aliphatic rings. The normalized spacial score (nSPS) is 19.8. The molecule has 0 radical (unpaired) electrons. The second-order valence-electron chi connectivity index (χ2n) is 5.00. The van der Waals surface area contributed by atoms with E-state index in [-0.39, 0.29) is 12.0 Å². The Kier molecular flexibility index (Phi) is 4.14. The van der Waals surface area contributed by atoms with E-state index >= 15 is 0 Å². The van der Waals surface area contributed by atoms with Gasteiger partial charge < -0.3 is 9.84 Å². The number of aryl methyl sites for hydroxylation is 2. The molecule has 1 aliphatic carbocycles. The van der Waals surface area contributed by atoms with Crippen molar-refractivity contribution in [3.8, 4) is 0 Å². The van der Waals surface area contributed by atoms with Gasteiger partial charge in [0.2, 0.25) is 0 Å². The molecule has 19 heavy (non-hydrogen) atoms. The van der Waals surface area contributed by atoms with Crippen molar-refractivity contribution in [2.24, 2.45) is 5.92 Å². The van der Waals surface area contributed by atoms with Crippen LogP contribution in [0.5, 0.6) is 0 Å². The predicted molar refractivity (Wildman–Crippen MR) is 70.0 cm³/mol. The molecule has 5 nitrogen and oxygen atoms in total. The number of carbonyl (C=O) groups is 1. The monoisotopic (exact) mass is 264 g/mol. The van der Waals surface area contributed by atoms with Gasteiger partial charge in [-0.2, -0.15) is 0 Å². The molecule has 1 heterocycles. The molecule has 0 fully saturated rings. The van der Waals surface area contributed by atoms with Gasteiger partial charge in [-0.25, -0.2) is 9.97 Å². The highest BCUT2D eigenvalue weighted by Crippen LogP contribution is 2.28. The Morgan fingerprint density at radius 2 is 2.26 bits per heavy atom. The third kappa shape index (κ3) is 2.76. The third-order valence-corrected chi connectivity index (χ3v) is 3.79. The van der Waals surface area contributed by atoms with Crippen LogP contribution in [0.4, 0.5) is 0 Å². The van der Waals surface area contributed by atoms with Crippen molar-refractivity contribution in [2.75, 3.05) is 7.11 Å². The number of aromatic nitrogens is 2. The molecular formula is C14H20N2O3. The molecule has 1 aromatic heterocycles. The molecule has 104 valence electrons. The van der Waals surface area contributed by atoms with Gasteiger partial charge in [0.25, 0.3) is 0 Å². The number of fused-ring (bicyclic) bond motifs is 1. The van der Waals surface area contributed by atoms with Crippen LogP contribution in [0.15, 0.2) is 0 Å². The lowest BCUT2D eigenvalue weighted by Gasteiger charge is -2.23. The van der Waals surface area contributed by atoms with E-state index in [1.165, 1.54) is 0 Å². The number of hydrogen-bond donors (Lipinski definition) is 1. The van der Waals surface area contributed by atoms with Crippen molar-refractivity contribution >= 4 is 5.97 Å². The summed E-state index contributed by atoms with van der Waals surface area (Å²) in [5.74, 6) is -0.308. The molecule has 1 aromatic rings. The van der Waals surface area contributed by atoms with E-state index in [4.69, 9.17) is 9.84 Å². The van der Waals surface area contributed by atoms with E-state index < -0.39 is 5.97 Å². The van der Waals surface area contributed by atoms with Crippen molar-refractivity contribution < 1.29 is 14.6 Å². The van der Waals surface area contributed by atoms with Crippen molar-refractivity contribution in [3.05, 3.63) is 22.8 Å². The molecule has 0 aliphatic heterocycles. The average molecular weight is 264 g/mol. The summed E-state index contributed by atoms with van der Waals surface area (Å²) in [4.78, 5) is 20.2. The van der Waals surface area contributed by atoms with Gasteiger partial charge in [-0.15, -0.1) is 0 Å². The van der Waals surface area contributed by atoms with Crippen LogP contribution in [0.2, 0.25) is 0 Å². The number of rotatable bonds is 4. The Labute approximate surface area is 113 Å². The highest BCUT2D eigenvalue weighted by Gasteiger charge is 2.28. The van der Waals surface area contributed by atoms with Crippen LogP contribution in [0, 0.1) is 12.8 Å². The summed E-state index contributed by atoms with van der Waals surface area (Å²) in [6, 6.07) is 0. The fourth-order valence-corrected chi connectivity index (χ4v) is 2.62. The minimum Gasteiger partial charge on any atom is -0.481 e. The van der Waals surface area contributed by atoms with E-state index in [9.17, 15) is 4.79 Å². The fraction of sp³-hybridized carbons (Fsp3) is 0.643. The standard InChI is InChI=1S/C14H20N2O3/c1-4-12(19-3)13-15-8(2)10-7-9(14(17)18)5-6-11(10)16-13/h9,12H,4-7H2,1-3H3,(H,17,18). The number of carboxylic acids is 1. The smallest absolute Gasteiger partial charge is 0.306 e. The first kappa shape index (κ1) is 13.9. The number of methoxy groups -OCH3 is 1. The molecule has 0 saturated heterocycles. The molecule has 0 aromatic carbocycles. The molecule has 0 bridgehead atoms. The lowest BCUT2D eigenvalue weighted by Crippen LogP contribution is -2.25. The summed E-state index contributed by atoms with van der Waals surface area (Å²) in [6.07, 6.45) is 2.65. The van der Waals surface area contributed by atoms with Gasteiger partial charge in [0.1, 0.15) is 6.10 Å². The Balaban J connectivity index is 2.33. The summed E-state index contributed by atoms with van der Waals surface area (Å²) in [6.45, 7) is 3.96. The maximum atomic E-state index is 11.1. The van der Waals surface area contributed by atoms with Crippen LogP contribution in [0.1, 0.15) is 48.6 Å². The van der Waals surface area contributed by atoms with E-state index in [1.54, 1.807) is 7.11 Å². The van der Waals surface area contributed by atoms with Crippen LogP contribution in [0.25, 0.3) is 0 Å². The number of aliphatic carboxylic acids is 1. The molecule has 0 amide bonds. The average Bonchev–Trinajstić information content (AvgIpc) is 2.39. The third-order valence-electron chi connectivity index (χ3n) is 3.79. The van der Waals surface area contributed by atoms with Gasteiger partial charge in [0, 0.05) is 18.5 Å². The van der Waals surface area contributed by atoms with E-state index in [2.05, 4.69) is 9.97 Å². The Hall–Kier alpha value is -1.49. The topological polar surface area (TPSA) is 72.3 Å². The van der Waals surface area contributed by atoms with Crippen molar-refractivity contribution in [2.45, 2.75) is 45.6 Å². The van der Waals surface area contributed by atoms with Gasteiger partial charge in [0.15, 0.2) is 5.82 Å². The number of nitrogens with zero attached hydrogens (tertiary/aromatic N) is 2. The zero-order valence-corrected chi connectivity index (χ0v) is 11.6. The zero-order chi connectivity index (χ0) is 14.0. The number of carboxylic acid groups (broad SMARTS) is 1. The highest BCUT2D eigenvalue weighted by atomic mass is 16.5. The largest absolute Gasteiger partial charge is 0.481 e. The maximum absolute atomic E-state index is 11.1. The van der Waals surface area contributed by atoms with Gasteiger partial charge in [-0.1, -0.05) is 6.92 Å². The Morgan fingerprint density at radius 1 is 1.53 bits per heavy atom. The lowest BCUT2D eigenvalue weighted by molar-refractivity contribution is -0.142. The fourth-order valence-electron chi connectivity index (χ4n) is 2.62. The number of ether oxygens (including phenoxy) is 1. The molecule has 2 unspecified atom stereocenters. The lowest BCUT2D eigenvalue weighted by atomic mass is 9.86. The minimum absolute atomic E-state index is 0.0822. The molecule has 5 heteroatoms. The Bertz CT molecular complexity index is 484. The van der Waals surface area contributed by atoms with Gasteiger partial charge in [-0.05, 0) is 38.2 Å². The first-order valence-corrected chi connectivity index (χ1v) is 6.68. The summed E-state index contributed by atoms with van der Waals surface area (Å²) < 4.78 is 5.37. The van der Waals surface area contributed by atoms with E-state index in [0.29, 0.717) is 19.3 Å². The molecular weight excluding hydrogens is 244 g/mol. The maximum Gasteiger partial charge on any atom is 0.306 e. The van der Waals surface area contributed by atoms with Crippen LogP contribution in [-0.2, 0) is 22.4 Å². The summed E-state index contributed by atoms with van der Waals surface area (Å²) in [5, 5.41) is 9.11. The molecule has 0 saturated carbocycles. The summed E-state index contributed by atoms with van der Waals surface area (Å²) in [5.41, 5.74) is 2.89. The molecule has 1 N–H and O–H groups in total. The van der Waals surface area contributed by atoms with Gasteiger partial charge in [0.05, 0.1) is 5.92 Å². The van der Waals surface area contributed by atoms with Crippen molar-refractivity contribution in [3.63, 3.8) is 0 Å². The predicted octanol–water partition coefficient (Wildman–Crippen LogP) is 2.07. The SMILES string of the molecule is CCC(OC)c1nc(C)c2c(n1)CCC(C(=O)O)C2. The molecule has 2 atom stereocenters. The van der Waals surface area contributed by atoms with Crippen LogP contribution in [0.3, 0.4) is 0 Å². The van der Waals surface area contributed by atoms with Crippen LogP contribution < -0.4 is 0 Å². The second-order valence-corrected chi connectivity index (χ2v) is 5.00. The van der Waals surface area contributed by atoms with E-state index in [0.717, 1.165) is 29.2 Å². The summed E-state index contributed by atoms with van der Waals surface area (Å²) in [7, 11) is 1.66. The number of hydrogen-bond acceptors (Lipinski definition) is 4. The first-order valence-electron chi connectivity index (χ1n) is 6.68. The zero-order valence-electron chi connectivity index (χ0n) is 11.6. The minimum atomic E-state index is -0.725. The Morgan fingerprint density at radius 3 is 2.84 bits per heavy atom. The highest BCUT2D eigenvalue weighted by molar-refractivity contribution is 5.71. The van der Waals surface area contributed by atoms with Gasteiger partial charge in [-0.3, -0.25) is 4.79 Å². The van der Waals surface area contributed by atoms with Crippen molar-refractivity contribution in [1.29, 1.82) is 0 Å².